The quantitative estimate of drug-likeness (QED) is 0.628. The van der Waals surface area contributed by atoms with Gasteiger partial charge in [0.05, 0.1) is 19.6 Å². The Morgan fingerprint density at radius 3 is 2.53 bits per heavy atom. The number of hydrogen-bond donors (Lipinski definition) is 1. The van der Waals surface area contributed by atoms with Crippen molar-refractivity contribution in [1.82, 2.24) is 10.2 Å². The van der Waals surface area contributed by atoms with E-state index in [2.05, 4.69) is 10.1 Å². The minimum Gasteiger partial charge on any atom is -0.469 e. The zero-order valence-corrected chi connectivity index (χ0v) is 9.87. The lowest BCUT2D eigenvalue weighted by atomic mass is 10.2. The van der Waals surface area contributed by atoms with Crippen LogP contribution in [-0.2, 0) is 14.3 Å². The molecule has 15 heavy (non-hydrogen) atoms. The third-order valence-corrected chi connectivity index (χ3v) is 2.23. The number of ether oxygens (including phenoxy) is 1. The molecule has 0 saturated carbocycles. The van der Waals surface area contributed by atoms with E-state index in [1.165, 1.54) is 7.11 Å². The van der Waals surface area contributed by atoms with Gasteiger partial charge in [-0.05, 0) is 6.92 Å². The van der Waals surface area contributed by atoms with Crippen molar-refractivity contribution in [2.24, 2.45) is 5.92 Å². The predicted octanol–water partition coefficient (Wildman–Crippen LogP) is -0.137. The molecule has 88 valence electrons. The second kappa shape index (κ2) is 7.23. The highest BCUT2D eigenvalue weighted by Crippen LogP contribution is 1.94. The van der Waals surface area contributed by atoms with Gasteiger partial charge >= 0.3 is 5.97 Å². The Morgan fingerprint density at radius 1 is 1.47 bits per heavy atom. The molecule has 1 unspecified atom stereocenters. The minimum absolute atomic E-state index is 0.0227. The molecule has 0 aliphatic rings. The van der Waals surface area contributed by atoms with Crippen LogP contribution >= 0.6 is 0 Å². The molecular weight excluding hydrogens is 196 g/mol. The largest absolute Gasteiger partial charge is 0.469 e. The van der Waals surface area contributed by atoms with Crippen LogP contribution in [0.3, 0.4) is 0 Å². The maximum absolute atomic E-state index is 11.3. The van der Waals surface area contributed by atoms with Gasteiger partial charge in [0, 0.05) is 20.1 Å². The standard InChI is InChI=1S/C10H20N2O3/c1-5-12(3)9(13)7-11-6-8(2)10(14)15-4/h8,11H,5-7H2,1-4H3. The summed E-state index contributed by atoms with van der Waals surface area (Å²) in [7, 11) is 3.10. The van der Waals surface area contributed by atoms with Crippen LogP contribution in [-0.4, -0.2) is 50.6 Å². The zero-order valence-electron chi connectivity index (χ0n) is 9.87. The van der Waals surface area contributed by atoms with E-state index in [1.54, 1.807) is 18.9 Å². The molecule has 0 aromatic carbocycles. The van der Waals surface area contributed by atoms with E-state index < -0.39 is 0 Å². The van der Waals surface area contributed by atoms with E-state index in [0.29, 0.717) is 13.1 Å². The highest BCUT2D eigenvalue weighted by molar-refractivity contribution is 5.78. The number of nitrogens with one attached hydrogen (secondary N) is 1. The van der Waals surface area contributed by atoms with Crippen molar-refractivity contribution in [3.63, 3.8) is 0 Å². The van der Waals surface area contributed by atoms with E-state index >= 15 is 0 Å². The molecule has 0 aliphatic heterocycles. The molecule has 0 heterocycles. The summed E-state index contributed by atoms with van der Waals surface area (Å²) in [6, 6.07) is 0. The van der Waals surface area contributed by atoms with E-state index in [0.717, 1.165) is 0 Å². The molecule has 0 aromatic rings. The number of carbonyl (C=O) groups excluding carboxylic acids is 2. The SMILES string of the molecule is CCN(C)C(=O)CNCC(C)C(=O)OC. The Hall–Kier alpha value is -1.10. The molecule has 0 spiro atoms. The van der Waals surface area contributed by atoms with Gasteiger partial charge in [-0.25, -0.2) is 0 Å². The van der Waals surface area contributed by atoms with Gasteiger partial charge in [0.1, 0.15) is 0 Å². The summed E-state index contributed by atoms with van der Waals surface area (Å²) in [5.74, 6) is -0.469. The van der Waals surface area contributed by atoms with Crippen molar-refractivity contribution in [3.05, 3.63) is 0 Å². The predicted molar refractivity (Wildman–Crippen MR) is 57.4 cm³/mol. The topological polar surface area (TPSA) is 58.6 Å². The fourth-order valence-corrected chi connectivity index (χ4v) is 0.991. The average Bonchev–Trinajstić information content (AvgIpc) is 2.26. The van der Waals surface area contributed by atoms with Crippen molar-refractivity contribution in [2.75, 3.05) is 33.8 Å². The van der Waals surface area contributed by atoms with Gasteiger partial charge in [0.15, 0.2) is 0 Å². The van der Waals surface area contributed by atoms with E-state index in [-0.39, 0.29) is 24.3 Å². The summed E-state index contributed by atoms with van der Waals surface area (Å²) < 4.78 is 4.56. The lowest BCUT2D eigenvalue weighted by Crippen LogP contribution is -2.38. The summed E-state index contributed by atoms with van der Waals surface area (Å²) in [5, 5.41) is 2.92. The van der Waals surface area contributed by atoms with Gasteiger partial charge in [0.25, 0.3) is 0 Å². The lowest BCUT2D eigenvalue weighted by molar-refractivity contribution is -0.144. The number of methoxy groups -OCH3 is 1. The van der Waals surface area contributed by atoms with Crippen molar-refractivity contribution >= 4 is 11.9 Å². The van der Waals surface area contributed by atoms with Crippen LogP contribution in [0.2, 0.25) is 0 Å². The second-order valence-corrected chi connectivity index (χ2v) is 3.46. The van der Waals surface area contributed by atoms with Gasteiger partial charge in [-0.1, -0.05) is 6.92 Å². The summed E-state index contributed by atoms with van der Waals surface area (Å²) in [6.07, 6.45) is 0. The molecule has 0 fully saturated rings. The first kappa shape index (κ1) is 13.9. The van der Waals surface area contributed by atoms with Crippen molar-refractivity contribution in [1.29, 1.82) is 0 Å². The number of amides is 1. The first-order valence-corrected chi connectivity index (χ1v) is 5.05. The second-order valence-electron chi connectivity index (χ2n) is 3.46. The van der Waals surface area contributed by atoms with Crippen molar-refractivity contribution < 1.29 is 14.3 Å². The summed E-state index contributed by atoms with van der Waals surface area (Å²) >= 11 is 0. The third kappa shape index (κ3) is 5.37. The summed E-state index contributed by atoms with van der Waals surface area (Å²) in [5.41, 5.74) is 0. The molecule has 5 nitrogen and oxygen atoms in total. The molecule has 0 rings (SSSR count). The fraction of sp³-hybridized carbons (Fsp3) is 0.800. The number of rotatable bonds is 6. The molecule has 1 atom stereocenters. The molecule has 0 radical (unpaired) electrons. The molecule has 0 aromatic heterocycles. The van der Waals surface area contributed by atoms with Crippen LogP contribution in [0.1, 0.15) is 13.8 Å². The molecule has 5 heteroatoms. The van der Waals surface area contributed by atoms with Crippen molar-refractivity contribution in [2.45, 2.75) is 13.8 Å². The average molecular weight is 216 g/mol. The highest BCUT2D eigenvalue weighted by Gasteiger charge is 2.13. The lowest BCUT2D eigenvalue weighted by Gasteiger charge is -2.15. The molecule has 0 saturated heterocycles. The number of hydrogen-bond acceptors (Lipinski definition) is 4. The Labute approximate surface area is 90.8 Å². The third-order valence-electron chi connectivity index (χ3n) is 2.23. The molecule has 1 amide bonds. The number of nitrogens with zero attached hydrogens (tertiary/aromatic N) is 1. The van der Waals surface area contributed by atoms with Gasteiger partial charge in [0.2, 0.25) is 5.91 Å². The number of carbonyl (C=O) groups is 2. The Kier molecular flexibility index (Phi) is 6.70. The van der Waals surface area contributed by atoms with Crippen LogP contribution in [0.25, 0.3) is 0 Å². The van der Waals surface area contributed by atoms with Gasteiger partial charge in [-0.2, -0.15) is 0 Å². The van der Waals surface area contributed by atoms with Gasteiger partial charge in [-0.15, -0.1) is 0 Å². The summed E-state index contributed by atoms with van der Waals surface area (Å²) in [4.78, 5) is 24.0. The highest BCUT2D eigenvalue weighted by atomic mass is 16.5. The van der Waals surface area contributed by atoms with Crippen LogP contribution in [0, 0.1) is 5.92 Å². The van der Waals surface area contributed by atoms with Crippen molar-refractivity contribution in [3.8, 4) is 0 Å². The fourth-order valence-electron chi connectivity index (χ4n) is 0.991. The number of likely N-dealkylation sites (N-methyl/N-ethyl adjacent to an activating group) is 1. The van der Waals surface area contributed by atoms with Gasteiger partial charge < -0.3 is 15.0 Å². The normalized spacial score (nSPS) is 12.0. The molecule has 0 aliphatic carbocycles. The maximum Gasteiger partial charge on any atom is 0.309 e. The Bertz CT molecular complexity index is 219. The summed E-state index contributed by atoms with van der Waals surface area (Å²) in [6.45, 7) is 5.07. The molecule has 0 bridgehead atoms. The minimum atomic E-state index is -0.265. The zero-order chi connectivity index (χ0) is 11.8. The van der Waals surface area contributed by atoms with E-state index in [9.17, 15) is 9.59 Å². The molecular formula is C10H20N2O3. The number of esters is 1. The first-order valence-electron chi connectivity index (χ1n) is 5.05. The smallest absolute Gasteiger partial charge is 0.309 e. The Morgan fingerprint density at radius 2 is 2.07 bits per heavy atom. The van der Waals surface area contributed by atoms with Gasteiger partial charge in [-0.3, -0.25) is 9.59 Å². The Balaban J connectivity index is 3.70. The van der Waals surface area contributed by atoms with E-state index in [1.807, 2.05) is 6.92 Å². The monoisotopic (exact) mass is 216 g/mol. The van der Waals surface area contributed by atoms with Crippen LogP contribution < -0.4 is 5.32 Å². The van der Waals surface area contributed by atoms with Crippen LogP contribution in [0.15, 0.2) is 0 Å². The van der Waals surface area contributed by atoms with Crippen LogP contribution in [0.4, 0.5) is 0 Å². The maximum atomic E-state index is 11.3. The van der Waals surface area contributed by atoms with E-state index in [4.69, 9.17) is 0 Å². The molecule has 1 N–H and O–H groups in total. The first-order chi connectivity index (χ1) is 7.02. The van der Waals surface area contributed by atoms with Crippen LogP contribution in [0.5, 0.6) is 0 Å².